The van der Waals surface area contributed by atoms with E-state index in [1.54, 1.807) is 25.2 Å². The smallest absolute Gasteiger partial charge is 0.317 e. The lowest BCUT2D eigenvalue weighted by atomic mass is 9.82. The van der Waals surface area contributed by atoms with Crippen molar-refractivity contribution in [2.75, 3.05) is 38.7 Å². The number of fused-ring (bicyclic) bond motifs is 1. The van der Waals surface area contributed by atoms with Gasteiger partial charge in [0, 0.05) is 57.8 Å². The minimum Gasteiger partial charge on any atom is -0.378 e. The highest BCUT2D eigenvalue weighted by Crippen LogP contribution is 2.35. The zero-order chi connectivity index (χ0) is 25.1. The molecular weight excluding hydrogens is 454 g/mol. The number of carbonyl (C=O) groups excluding carboxylic acids is 1. The maximum absolute atomic E-state index is 12.4. The molecule has 1 aliphatic carbocycles. The first-order valence-electron chi connectivity index (χ1n) is 13.0. The van der Waals surface area contributed by atoms with Gasteiger partial charge in [-0.15, -0.1) is 5.10 Å². The number of rotatable bonds is 6. The average molecular weight is 492 g/mol. The van der Waals surface area contributed by atoms with Crippen molar-refractivity contribution in [3.63, 3.8) is 0 Å². The van der Waals surface area contributed by atoms with Crippen LogP contribution in [0.4, 0.5) is 10.6 Å². The monoisotopic (exact) mass is 491 g/mol. The van der Waals surface area contributed by atoms with Crippen LogP contribution in [0, 0.1) is 5.92 Å². The van der Waals surface area contributed by atoms with Crippen LogP contribution in [0.15, 0.2) is 42.7 Å². The van der Waals surface area contributed by atoms with E-state index in [9.17, 15) is 4.79 Å². The molecule has 1 aromatic carbocycles. The Labute approximate surface area is 212 Å². The number of aromatic nitrogens is 4. The molecule has 2 amide bonds. The molecular formula is C27H37N7O2. The van der Waals surface area contributed by atoms with Gasteiger partial charge in [0.2, 0.25) is 0 Å². The van der Waals surface area contributed by atoms with Crippen LogP contribution in [0.2, 0.25) is 0 Å². The molecule has 192 valence electrons. The van der Waals surface area contributed by atoms with Gasteiger partial charge in [0.25, 0.3) is 0 Å². The molecule has 2 atom stereocenters. The molecule has 0 bridgehead atoms. The Balaban J connectivity index is 1.18. The summed E-state index contributed by atoms with van der Waals surface area (Å²) in [4.78, 5) is 16.2. The molecule has 3 aromatic rings. The zero-order valence-electron chi connectivity index (χ0n) is 21.5. The van der Waals surface area contributed by atoms with Gasteiger partial charge in [-0.2, -0.15) is 10.2 Å². The SMILES string of the molecule is CN(C)C(=O)NC1CCN(c2cccnn2)C[C@H]1COC1CCC(c2ccc3c(cnn3C)c2)CC1. The second kappa shape index (κ2) is 10.8. The Morgan fingerprint density at radius 2 is 2.00 bits per heavy atom. The maximum atomic E-state index is 12.4. The van der Waals surface area contributed by atoms with E-state index in [-0.39, 0.29) is 24.1 Å². The Hall–Kier alpha value is -3.20. The van der Waals surface area contributed by atoms with Crippen LogP contribution in [-0.2, 0) is 11.8 Å². The summed E-state index contributed by atoms with van der Waals surface area (Å²) in [5, 5.41) is 17.1. The molecule has 1 aliphatic heterocycles. The van der Waals surface area contributed by atoms with Crippen LogP contribution in [0.5, 0.6) is 0 Å². The van der Waals surface area contributed by atoms with Crippen LogP contribution in [-0.4, -0.2) is 76.8 Å². The maximum Gasteiger partial charge on any atom is 0.317 e. The molecule has 5 rings (SSSR count). The van der Waals surface area contributed by atoms with Crippen LogP contribution >= 0.6 is 0 Å². The third kappa shape index (κ3) is 5.46. The Morgan fingerprint density at radius 3 is 2.75 bits per heavy atom. The fraction of sp³-hybridized carbons (Fsp3) is 0.556. The summed E-state index contributed by atoms with van der Waals surface area (Å²) in [6, 6.07) is 10.7. The second-order valence-electron chi connectivity index (χ2n) is 10.4. The number of ether oxygens (including phenoxy) is 1. The van der Waals surface area contributed by atoms with Crippen molar-refractivity contribution < 1.29 is 9.53 Å². The fourth-order valence-electron chi connectivity index (χ4n) is 5.61. The van der Waals surface area contributed by atoms with Gasteiger partial charge in [0.05, 0.1) is 24.4 Å². The molecule has 1 saturated carbocycles. The summed E-state index contributed by atoms with van der Waals surface area (Å²) >= 11 is 0. The zero-order valence-corrected chi connectivity index (χ0v) is 21.5. The Bertz CT molecular complexity index is 1160. The molecule has 1 N–H and O–H groups in total. The lowest BCUT2D eigenvalue weighted by Gasteiger charge is -2.40. The first-order chi connectivity index (χ1) is 17.5. The third-order valence-electron chi connectivity index (χ3n) is 7.79. The molecule has 36 heavy (non-hydrogen) atoms. The van der Waals surface area contributed by atoms with Crippen molar-refractivity contribution in [2.45, 2.75) is 50.2 Å². The first kappa shape index (κ1) is 24.5. The van der Waals surface area contributed by atoms with E-state index in [1.165, 1.54) is 16.5 Å². The molecule has 1 unspecified atom stereocenters. The van der Waals surface area contributed by atoms with Crippen molar-refractivity contribution in [1.29, 1.82) is 0 Å². The van der Waals surface area contributed by atoms with Gasteiger partial charge in [-0.1, -0.05) is 6.07 Å². The highest BCUT2D eigenvalue weighted by Gasteiger charge is 2.33. The highest BCUT2D eigenvalue weighted by molar-refractivity contribution is 5.79. The fourth-order valence-corrected chi connectivity index (χ4v) is 5.61. The molecule has 2 fully saturated rings. The van der Waals surface area contributed by atoms with E-state index in [0.717, 1.165) is 51.0 Å². The van der Waals surface area contributed by atoms with Gasteiger partial charge in [-0.05, 0) is 67.9 Å². The van der Waals surface area contributed by atoms with E-state index in [2.05, 4.69) is 43.7 Å². The number of anilines is 1. The molecule has 0 spiro atoms. The Kier molecular flexibility index (Phi) is 7.36. The third-order valence-corrected chi connectivity index (χ3v) is 7.79. The van der Waals surface area contributed by atoms with Crippen LogP contribution < -0.4 is 10.2 Å². The van der Waals surface area contributed by atoms with Gasteiger partial charge in [-0.25, -0.2) is 4.79 Å². The minimum absolute atomic E-state index is 0.0518. The molecule has 9 heteroatoms. The number of nitrogens with one attached hydrogen (secondary N) is 1. The number of nitrogens with zero attached hydrogens (tertiary/aromatic N) is 6. The van der Waals surface area contributed by atoms with Crippen molar-refractivity contribution in [3.8, 4) is 0 Å². The molecule has 3 heterocycles. The van der Waals surface area contributed by atoms with Crippen molar-refractivity contribution in [1.82, 2.24) is 30.2 Å². The summed E-state index contributed by atoms with van der Waals surface area (Å²) in [6.45, 7) is 2.25. The summed E-state index contributed by atoms with van der Waals surface area (Å²) in [5.74, 6) is 1.64. The van der Waals surface area contributed by atoms with Gasteiger partial charge in [-0.3, -0.25) is 4.68 Å². The van der Waals surface area contributed by atoms with Crippen molar-refractivity contribution in [3.05, 3.63) is 48.3 Å². The standard InChI is InChI=1S/C27H37N7O2/c1-32(2)27(35)30-24-12-14-34(26-5-4-13-28-31-26)17-22(24)18-36-23-9-6-19(7-10-23)20-8-11-25-21(15-20)16-29-33(25)3/h4-5,8,11,13,15-16,19,22-24H,6-7,9-10,12,14,17-18H2,1-3H3,(H,30,35)/t19?,22-,23?,24?/m0/s1. The van der Waals surface area contributed by atoms with E-state index in [1.807, 2.05) is 30.1 Å². The summed E-state index contributed by atoms with van der Waals surface area (Å²) in [7, 11) is 5.54. The number of hydrogen-bond acceptors (Lipinski definition) is 6. The number of hydrogen-bond donors (Lipinski definition) is 1. The second-order valence-corrected chi connectivity index (χ2v) is 10.4. The highest BCUT2D eigenvalue weighted by atomic mass is 16.5. The van der Waals surface area contributed by atoms with Gasteiger partial charge < -0.3 is 19.9 Å². The van der Waals surface area contributed by atoms with Crippen molar-refractivity contribution in [2.24, 2.45) is 13.0 Å². The number of benzene rings is 1. The molecule has 9 nitrogen and oxygen atoms in total. The normalized spacial score (nSPS) is 24.6. The summed E-state index contributed by atoms with van der Waals surface area (Å²) in [6.07, 6.45) is 9.15. The first-order valence-corrected chi connectivity index (χ1v) is 13.0. The van der Waals surface area contributed by atoms with Gasteiger partial charge in [0.15, 0.2) is 5.82 Å². The molecule has 2 aliphatic rings. The number of urea groups is 1. The van der Waals surface area contributed by atoms with E-state index in [4.69, 9.17) is 4.74 Å². The topological polar surface area (TPSA) is 88.4 Å². The van der Waals surface area contributed by atoms with E-state index in [0.29, 0.717) is 12.5 Å². The summed E-state index contributed by atoms with van der Waals surface area (Å²) < 4.78 is 8.42. The summed E-state index contributed by atoms with van der Waals surface area (Å²) in [5.41, 5.74) is 2.59. The van der Waals surface area contributed by atoms with E-state index >= 15 is 0 Å². The van der Waals surface area contributed by atoms with Crippen LogP contribution in [0.25, 0.3) is 10.9 Å². The molecule has 2 aromatic heterocycles. The Morgan fingerprint density at radius 1 is 1.17 bits per heavy atom. The largest absolute Gasteiger partial charge is 0.378 e. The lowest BCUT2D eigenvalue weighted by molar-refractivity contribution is -0.00315. The predicted octanol–water partition coefficient (Wildman–Crippen LogP) is 3.57. The number of aryl methyl sites for hydroxylation is 1. The average Bonchev–Trinajstić information content (AvgIpc) is 3.28. The van der Waals surface area contributed by atoms with Crippen LogP contribution in [0.1, 0.15) is 43.6 Å². The van der Waals surface area contributed by atoms with Crippen LogP contribution in [0.3, 0.4) is 0 Å². The lowest BCUT2D eigenvalue weighted by Crippen LogP contribution is -2.54. The quantitative estimate of drug-likeness (QED) is 0.567. The van der Waals surface area contributed by atoms with Gasteiger partial charge in [0.1, 0.15) is 0 Å². The van der Waals surface area contributed by atoms with Gasteiger partial charge >= 0.3 is 6.03 Å². The molecule has 1 saturated heterocycles. The number of carbonyl (C=O) groups is 1. The predicted molar refractivity (Wildman–Crippen MR) is 140 cm³/mol. The van der Waals surface area contributed by atoms with Crippen molar-refractivity contribution >= 4 is 22.8 Å². The minimum atomic E-state index is -0.0518. The number of amides is 2. The van der Waals surface area contributed by atoms with E-state index < -0.39 is 0 Å². The number of piperidine rings is 1. The molecule has 0 radical (unpaired) electrons.